The Morgan fingerprint density at radius 2 is 2.00 bits per heavy atom. The second-order valence-electron chi connectivity index (χ2n) is 5.04. The van der Waals surface area contributed by atoms with Crippen molar-refractivity contribution in [2.45, 2.75) is 0 Å². The minimum atomic E-state index is -1.14. The molecule has 4 rings (SSSR count). The molecule has 1 N–H and O–H groups in total. The number of carbonyl (C=O) groups is 1. The molecule has 0 saturated heterocycles. The van der Waals surface area contributed by atoms with Crippen LogP contribution in [0, 0.1) is 5.82 Å². The summed E-state index contributed by atoms with van der Waals surface area (Å²) in [4.78, 5) is 20.0. The first-order valence-corrected chi connectivity index (χ1v) is 6.91. The maximum atomic E-state index is 14.0. The maximum Gasteiger partial charge on any atom is 0.356 e. The van der Waals surface area contributed by atoms with Gasteiger partial charge >= 0.3 is 5.97 Å². The highest BCUT2D eigenvalue weighted by Crippen LogP contribution is 2.31. The van der Waals surface area contributed by atoms with Crippen LogP contribution in [0.2, 0.25) is 0 Å². The molecule has 1 aromatic carbocycles. The molecule has 3 heterocycles. The summed E-state index contributed by atoms with van der Waals surface area (Å²) < 4.78 is 15.7. The van der Waals surface area contributed by atoms with E-state index in [9.17, 15) is 14.3 Å². The lowest BCUT2D eigenvalue weighted by atomic mass is 10.0. The number of aromatic nitrogens is 3. The first-order valence-electron chi connectivity index (χ1n) is 6.91. The van der Waals surface area contributed by atoms with Gasteiger partial charge in [0.05, 0.1) is 11.2 Å². The fourth-order valence-electron chi connectivity index (χ4n) is 2.73. The lowest BCUT2D eigenvalue weighted by Gasteiger charge is -2.07. The molecule has 0 saturated carbocycles. The van der Waals surface area contributed by atoms with Gasteiger partial charge in [-0.3, -0.25) is 9.38 Å². The minimum Gasteiger partial charge on any atom is -0.476 e. The van der Waals surface area contributed by atoms with Gasteiger partial charge in [-0.05, 0) is 36.4 Å². The van der Waals surface area contributed by atoms with Crippen molar-refractivity contribution in [2.24, 2.45) is 0 Å². The first-order chi connectivity index (χ1) is 11.2. The largest absolute Gasteiger partial charge is 0.476 e. The number of carboxylic acid groups (broad SMARTS) is 1. The second-order valence-corrected chi connectivity index (χ2v) is 5.04. The van der Waals surface area contributed by atoms with Crippen LogP contribution in [-0.4, -0.2) is 25.4 Å². The highest BCUT2D eigenvalue weighted by Gasteiger charge is 2.22. The van der Waals surface area contributed by atoms with E-state index < -0.39 is 11.8 Å². The lowest BCUT2D eigenvalue weighted by molar-refractivity contribution is 0.0692. The van der Waals surface area contributed by atoms with Crippen LogP contribution in [0.5, 0.6) is 0 Å². The minimum absolute atomic E-state index is 0.0882. The third-order valence-electron chi connectivity index (χ3n) is 3.70. The van der Waals surface area contributed by atoms with Gasteiger partial charge in [0, 0.05) is 23.3 Å². The molecule has 0 aliphatic carbocycles. The number of imidazole rings is 1. The number of aromatic carboxylic acids is 1. The summed E-state index contributed by atoms with van der Waals surface area (Å²) in [6, 6.07) is 11.4. The zero-order chi connectivity index (χ0) is 16.0. The lowest BCUT2D eigenvalue weighted by Crippen LogP contribution is -2.01. The van der Waals surface area contributed by atoms with Gasteiger partial charge < -0.3 is 5.11 Å². The number of nitrogens with zero attached hydrogens (tertiary/aromatic N) is 3. The average molecular weight is 307 g/mol. The maximum absolute atomic E-state index is 14.0. The number of halogens is 1. The van der Waals surface area contributed by atoms with E-state index in [1.807, 2.05) is 0 Å². The van der Waals surface area contributed by atoms with Crippen molar-refractivity contribution < 1.29 is 14.3 Å². The van der Waals surface area contributed by atoms with E-state index in [1.165, 1.54) is 12.1 Å². The summed E-state index contributed by atoms with van der Waals surface area (Å²) in [5.41, 5.74) is 1.73. The summed E-state index contributed by atoms with van der Waals surface area (Å²) in [6.07, 6.45) is 3.27. The first kappa shape index (κ1) is 13.4. The number of fused-ring (bicyclic) bond motifs is 2. The van der Waals surface area contributed by atoms with E-state index in [1.54, 1.807) is 47.1 Å². The average Bonchev–Trinajstić information content (AvgIpc) is 2.95. The highest BCUT2D eigenvalue weighted by molar-refractivity contribution is 6.01. The Morgan fingerprint density at radius 3 is 2.83 bits per heavy atom. The molecule has 0 aliphatic heterocycles. The normalized spacial score (nSPS) is 11.2. The van der Waals surface area contributed by atoms with Crippen LogP contribution < -0.4 is 0 Å². The number of benzene rings is 1. The molecule has 0 atom stereocenters. The quantitative estimate of drug-likeness (QED) is 0.616. The Balaban J connectivity index is 2.17. The summed E-state index contributed by atoms with van der Waals surface area (Å²) in [7, 11) is 0. The van der Waals surface area contributed by atoms with Crippen LogP contribution >= 0.6 is 0 Å². The Bertz CT molecular complexity index is 1070. The summed E-state index contributed by atoms with van der Waals surface area (Å²) in [5, 5.41) is 9.82. The molecule has 23 heavy (non-hydrogen) atoms. The van der Waals surface area contributed by atoms with Crippen LogP contribution in [0.25, 0.3) is 27.8 Å². The van der Waals surface area contributed by atoms with Crippen LogP contribution in [0.4, 0.5) is 4.39 Å². The summed E-state index contributed by atoms with van der Waals surface area (Å²) in [6.45, 7) is 0. The predicted molar refractivity (Wildman–Crippen MR) is 82.8 cm³/mol. The Morgan fingerprint density at radius 1 is 1.13 bits per heavy atom. The van der Waals surface area contributed by atoms with Gasteiger partial charge in [0.2, 0.25) is 0 Å². The second kappa shape index (κ2) is 4.88. The molecule has 0 bridgehead atoms. The van der Waals surface area contributed by atoms with E-state index in [0.717, 1.165) is 0 Å². The summed E-state index contributed by atoms with van der Waals surface area (Å²) in [5.74, 6) is -1.54. The molecule has 0 fully saturated rings. The number of pyridine rings is 2. The van der Waals surface area contributed by atoms with Gasteiger partial charge in [0.25, 0.3) is 0 Å². The fourth-order valence-corrected chi connectivity index (χ4v) is 2.73. The van der Waals surface area contributed by atoms with Crippen LogP contribution in [0.1, 0.15) is 10.5 Å². The van der Waals surface area contributed by atoms with E-state index >= 15 is 0 Å². The van der Waals surface area contributed by atoms with Gasteiger partial charge in [-0.2, -0.15) is 0 Å². The molecular weight excluding hydrogens is 297 g/mol. The van der Waals surface area contributed by atoms with E-state index in [-0.39, 0.29) is 5.69 Å². The zero-order valence-corrected chi connectivity index (χ0v) is 11.8. The SMILES string of the molecule is O=C(O)c1nc2ccccn2c1-c1ccc(F)c2cccnc12. The van der Waals surface area contributed by atoms with Crippen LogP contribution in [-0.2, 0) is 0 Å². The van der Waals surface area contributed by atoms with Gasteiger partial charge in [-0.25, -0.2) is 14.2 Å². The number of hydrogen-bond acceptors (Lipinski definition) is 3. The molecule has 6 heteroatoms. The molecule has 3 aromatic heterocycles. The topological polar surface area (TPSA) is 67.5 Å². The molecule has 112 valence electrons. The summed E-state index contributed by atoms with van der Waals surface area (Å²) >= 11 is 0. The van der Waals surface area contributed by atoms with Gasteiger partial charge in [-0.1, -0.05) is 6.07 Å². The van der Waals surface area contributed by atoms with Crippen molar-refractivity contribution >= 4 is 22.5 Å². The monoisotopic (exact) mass is 307 g/mol. The number of hydrogen-bond donors (Lipinski definition) is 1. The Labute approximate surface area is 129 Å². The van der Waals surface area contributed by atoms with E-state index in [2.05, 4.69) is 9.97 Å². The van der Waals surface area contributed by atoms with Crippen molar-refractivity contribution in [2.75, 3.05) is 0 Å². The van der Waals surface area contributed by atoms with Crippen LogP contribution in [0.3, 0.4) is 0 Å². The zero-order valence-electron chi connectivity index (χ0n) is 11.8. The number of carboxylic acids is 1. The molecule has 0 unspecified atom stereocenters. The van der Waals surface area contributed by atoms with Gasteiger partial charge in [0.15, 0.2) is 5.69 Å². The van der Waals surface area contributed by atoms with Crippen molar-refractivity contribution in [3.8, 4) is 11.3 Å². The third-order valence-corrected chi connectivity index (χ3v) is 3.70. The van der Waals surface area contributed by atoms with Crippen LogP contribution in [0.15, 0.2) is 54.9 Å². The standard InChI is InChI=1S/C17H10FN3O2/c18-12-7-6-11(14-10(12)4-3-8-19-14)16-15(17(22)23)20-13-5-1-2-9-21(13)16/h1-9H,(H,22,23). The molecule has 4 aromatic rings. The number of rotatable bonds is 2. The smallest absolute Gasteiger partial charge is 0.356 e. The fraction of sp³-hybridized carbons (Fsp3) is 0. The van der Waals surface area contributed by atoms with Gasteiger partial charge in [0.1, 0.15) is 11.5 Å². The molecule has 0 aliphatic rings. The highest BCUT2D eigenvalue weighted by atomic mass is 19.1. The van der Waals surface area contributed by atoms with Gasteiger partial charge in [-0.15, -0.1) is 0 Å². The molecule has 0 radical (unpaired) electrons. The molecule has 5 nitrogen and oxygen atoms in total. The Kier molecular flexibility index (Phi) is 2.84. The van der Waals surface area contributed by atoms with E-state index in [0.29, 0.717) is 27.8 Å². The predicted octanol–water partition coefficient (Wildman–Crippen LogP) is 3.39. The molecule has 0 spiro atoms. The van der Waals surface area contributed by atoms with Crippen molar-refractivity contribution in [1.82, 2.24) is 14.4 Å². The Hall–Kier alpha value is -3.28. The third kappa shape index (κ3) is 1.96. The van der Waals surface area contributed by atoms with E-state index in [4.69, 9.17) is 0 Å². The molecular formula is C17H10FN3O2. The van der Waals surface area contributed by atoms with Crippen molar-refractivity contribution in [3.05, 3.63) is 66.4 Å². The van der Waals surface area contributed by atoms with Crippen molar-refractivity contribution in [1.29, 1.82) is 0 Å². The molecule has 0 amide bonds. The van der Waals surface area contributed by atoms with Crippen molar-refractivity contribution in [3.63, 3.8) is 0 Å².